The Labute approximate surface area is 103 Å². The molecule has 2 aromatic carbocycles. The van der Waals surface area contributed by atoms with E-state index in [0.717, 1.165) is 5.75 Å². The fourth-order valence-electron chi connectivity index (χ4n) is 2.06. The van der Waals surface area contributed by atoms with Crippen LogP contribution in [0.25, 0.3) is 11.1 Å². The summed E-state index contributed by atoms with van der Waals surface area (Å²) < 4.78 is 5.34. The molecule has 0 saturated heterocycles. The van der Waals surface area contributed by atoms with Crippen LogP contribution in [0.4, 0.5) is 0 Å². The van der Waals surface area contributed by atoms with Gasteiger partial charge < -0.3 is 4.74 Å². The van der Waals surface area contributed by atoms with Gasteiger partial charge >= 0.3 is 0 Å². The quantitative estimate of drug-likeness (QED) is 0.742. The SMILES string of the molecule is COc1cc(C)c(C)c(-c2cccc(C)c2)c1. The minimum Gasteiger partial charge on any atom is -0.497 e. The molecule has 0 aliphatic rings. The molecule has 88 valence electrons. The Bertz CT molecular complexity index is 541. The molecular formula is C16H18O. The molecule has 0 spiro atoms. The van der Waals surface area contributed by atoms with Crippen molar-refractivity contribution in [2.24, 2.45) is 0 Å². The highest BCUT2D eigenvalue weighted by Crippen LogP contribution is 2.30. The van der Waals surface area contributed by atoms with Gasteiger partial charge in [0.05, 0.1) is 7.11 Å². The monoisotopic (exact) mass is 226 g/mol. The van der Waals surface area contributed by atoms with E-state index in [2.05, 4.69) is 57.2 Å². The van der Waals surface area contributed by atoms with E-state index in [0.29, 0.717) is 0 Å². The largest absolute Gasteiger partial charge is 0.497 e. The number of aryl methyl sites for hydroxylation is 2. The normalized spacial score (nSPS) is 10.4. The fraction of sp³-hybridized carbons (Fsp3) is 0.250. The van der Waals surface area contributed by atoms with Crippen molar-refractivity contribution in [3.05, 3.63) is 53.1 Å². The molecule has 0 aliphatic heterocycles. The maximum absolute atomic E-state index is 5.34. The molecule has 0 atom stereocenters. The van der Waals surface area contributed by atoms with Crippen LogP contribution in [0.5, 0.6) is 5.75 Å². The summed E-state index contributed by atoms with van der Waals surface area (Å²) in [5, 5.41) is 0. The second-order valence-corrected chi connectivity index (χ2v) is 4.49. The molecular weight excluding hydrogens is 208 g/mol. The number of ether oxygens (including phenoxy) is 1. The number of hydrogen-bond donors (Lipinski definition) is 0. The summed E-state index contributed by atoms with van der Waals surface area (Å²) in [6.45, 7) is 6.40. The molecule has 0 heterocycles. The summed E-state index contributed by atoms with van der Waals surface area (Å²) in [5.41, 5.74) is 6.37. The van der Waals surface area contributed by atoms with Gasteiger partial charge in [0.2, 0.25) is 0 Å². The molecule has 17 heavy (non-hydrogen) atoms. The first-order valence-corrected chi connectivity index (χ1v) is 5.84. The van der Waals surface area contributed by atoms with Crippen molar-refractivity contribution >= 4 is 0 Å². The van der Waals surface area contributed by atoms with Crippen LogP contribution in [-0.2, 0) is 0 Å². The summed E-state index contributed by atoms with van der Waals surface area (Å²) in [6.07, 6.45) is 0. The van der Waals surface area contributed by atoms with Gasteiger partial charge in [0.25, 0.3) is 0 Å². The third-order valence-electron chi connectivity index (χ3n) is 3.21. The van der Waals surface area contributed by atoms with Crippen molar-refractivity contribution in [2.75, 3.05) is 7.11 Å². The maximum Gasteiger partial charge on any atom is 0.119 e. The standard InChI is InChI=1S/C16H18O/c1-11-6-5-7-14(8-11)16-10-15(17-4)9-12(2)13(16)3/h5-10H,1-4H3. The molecule has 0 amide bonds. The van der Waals surface area contributed by atoms with Crippen LogP contribution in [0.15, 0.2) is 36.4 Å². The smallest absolute Gasteiger partial charge is 0.119 e. The van der Waals surface area contributed by atoms with Crippen molar-refractivity contribution in [1.82, 2.24) is 0 Å². The van der Waals surface area contributed by atoms with Crippen LogP contribution < -0.4 is 4.74 Å². The average molecular weight is 226 g/mol. The zero-order chi connectivity index (χ0) is 12.4. The van der Waals surface area contributed by atoms with Crippen LogP contribution in [0.2, 0.25) is 0 Å². The van der Waals surface area contributed by atoms with E-state index in [1.54, 1.807) is 7.11 Å². The molecule has 0 radical (unpaired) electrons. The van der Waals surface area contributed by atoms with Crippen molar-refractivity contribution < 1.29 is 4.74 Å². The summed E-state index contributed by atoms with van der Waals surface area (Å²) in [5.74, 6) is 0.921. The Kier molecular flexibility index (Phi) is 3.19. The molecule has 0 N–H and O–H groups in total. The lowest BCUT2D eigenvalue weighted by molar-refractivity contribution is 0.414. The molecule has 0 aliphatic carbocycles. The first-order chi connectivity index (χ1) is 8.11. The first kappa shape index (κ1) is 11.7. The van der Waals surface area contributed by atoms with E-state index in [9.17, 15) is 0 Å². The van der Waals surface area contributed by atoms with E-state index in [4.69, 9.17) is 4.74 Å². The fourth-order valence-corrected chi connectivity index (χ4v) is 2.06. The number of rotatable bonds is 2. The molecule has 0 saturated carbocycles. The van der Waals surface area contributed by atoms with Gasteiger partial charge in [-0.1, -0.05) is 29.8 Å². The van der Waals surface area contributed by atoms with Crippen molar-refractivity contribution in [1.29, 1.82) is 0 Å². The lowest BCUT2D eigenvalue weighted by atomic mass is 9.96. The summed E-state index contributed by atoms with van der Waals surface area (Å²) in [7, 11) is 1.71. The lowest BCUT2D eigenvalue weighted by Gasteiger charge is -2.12. The predicted octanol–water partition coefficient (Wildman–Crippen LogP) is 4.29. The van der Waals surface area contributed by atoms with Gasteiger partial charge in [-0.3, -0.25) is 0 Å². The Morgan fingerprint density at radius 2 is 1.71 bits per heavy atom. The summed E-state index contributed by atoms with van der Waals surface area (Å²) in [6, 6.07) is 12.8. The van der Waals surface area contributed by atoms with Crippen LogP contribution in [-0.4, -0.2) is 7.11 Å². The van der Waals surface area contributed by atoms with Crippen LogP contribution >= 0.6 is 0 Å². The Balaban J connectivity index is 2.62. The minimum atomic E-state index is 0.921. The van der Waals surface area contributed by atoms with Crippen molar-refractivity contribution in [2.45, 2.75) is 20.8 Å². The van der Waals surface area contributed by atoms with Gasteiger partial charge in [-0.25, -0.2) is 0 Å². The molecule has 0 fully saturated rings. The van der Waals surface area contributed by atoms with Gasteiger partial charge in [0.15, 0.2) is 0 Å². The number of benzene rings is 2. The van der Waals surface area contributed by atoms with Crippen molar-refractivity contribution in [3.63, 3.8) is 0 Å². The van der Waals surface area contributed by atoms with Gasteiger partial charge in [0, 0.05) is 0 Å². The first-order valence-electron chi connectivity index (χ1n) is 5.84. The number of hydrogen-bond acceptors (Lipinski definition) is 1. The topological polar surface area (TPSA) is 9.23 Å². The second kappa shape index (κ2) is 4.62. The van der Waals surface area contributed by atoms with E-state index in [1.807, 2.05) is 0 Å². The van der Waals surface area contributed by atoms with E-state index >= 15 is 0 Å². The van der Waals surface area contributed by atoms with E-state index < -0.39 is 0 Å². The lowest BCUT2D eigenvalue weighted by Crippen LogP contribution is -1.91. The predicted molar refractivity (Wildman–Crippen MR) is 72.6 cm³/mol. The van der Waals surface area contributed by atoms with Crippen molar-refractivity contribution in [3.8, 4) is 16.9 Å². The Morgan fingerprint density at radius 3 is 2.35 bits per heavy atom. The second-order valence-electron chi connectivity index (χ2n) is 4.49. The van der Waals surface area contributed by atoms with Gasteiger partial charge in [-0.15, -0.1) is 0 Å². The average Bonchev–Trinajstić information content (AvgIpc) is 2.32. The summed E-state index contributed by atoms with van der Waals surface area (Å²) in [4.78, 5) is 0. The van der Waals surface area contributed by atoms with Gasteiger partial charge in [-0.05, 0) is 55.2 Å². The highest BCUT2D eigenvalue weighted by molar-refractivity contribution is 5.70. The summed E-state index contributed by atoms with van der Waals surface area (Å²) >= 11 is 0. The van der Waals surface area contributed by atoms with Gasteiger partial charge in [0.1, 0.15) is 5.75 Å². The van der Waals surface area contributed by atoms with E-state index in [-0.39, 0.29) is 0 Å². The van der Waals surface area contributed by atoms with Gasteiger partial charge in [-0.2, -0.15) is 0 Å². The molecule has 1 nitrogen and oxygen atoms in total. The molecule has 0 bridgehead atoms. The molecule has 2 aromatic rings. The maximum atomic E-state index is 5.34. The third kappa shape index (κ3) is 2.33. The van der Waals surface area contributed by atoms with E-state index in [1.165, 1.54) is 27.8 Å². The molecule has 1 heteroatoms. The zero-order valence-electron chi connectivity index (χ0n) is 10.9. The zero-order valence-corrected chi connectivity index (χ0v) is 10.9. The molecule has 0 unspecified atom stereocenters. The third-order valence-corrected chi connectivity index (χ3v) is 3.21. The molecule has 2 rings (SSSR count). The number of methoxy groups -OCH3 is 1. The Morgan fingerprint density at radius 1 is 0.941 bits per heavy atom. The minimum absolute atomic E-state index is 0.921. The van der Waals surface area contributed by atoms with Crippen LogP contribution in [0.3, 0.4) is 0 Å². The Hall–Kier alpha value is -1.76. The highest BCUT2D eigenvalue weighted by Gasteiger charge is 2.07. The van der Waals surface area contributed by atoms with Crippen LogP contribution in [0.1, 0.15) is 16.7 Å². The molecule has 0 aromatic heterocycles. The highest BCUT2D eigenvalue weighted by atomic mass is 16.5. The van der Waals surface area contributed by atoms with Crippen LogP contribution in [0, 0.1) is 20.8 Å².